The van der Waals surface area contributed by atoms with Crippen LogP contribution in [0.25, 0.3) is 21.8 Å². The van der Waals surface area contributed by atoms with E-state index in [-0.39, 0.29) is 0 Å². The highest BCUT2D eigenvalue weighted by molar-refractivity contribution is 14.1. The normalized spacial score (nSPS) is 13.6. The Kier molecular flexibility index (Phi) is 3.23. The minimum Gasteiger partial charge on any atom is -0.339 e. The maximum absolute atomic E-state index is 4.86. The minimum absolute atomic E-state index is 1.02. The van der Waals surface area contributed by atoms with Gasteiger partial charge in [-0.3, -0.25) is 0 Å². The first-order valence-corrected chi connectivity index (χ1v) is 9.23. The number of benzene rings is 3. The molecule has 5 rings (SSSR count). The van der Waals surface area contributed by atoms with Crippen LogP contribution in [-0.2, 0) is 6.42 Å². The van der Waals surface area contributed by atoms with Gasteiger partial charge < -0.3 is 4.90 Å². The summed E-state index contributed by atoms with van der Waals surface area (Å²) in [6.07, 6.45) is 1.09. The number of anilines is 2. The topological polar surface area (TPSA) is 16.1 Å². The Hall–Kier alpha value is -2.14. The number of rotatable bonds is 1. The zero-order valence-electron chi connectivity index (χ0n) is 13.0. The SMILES string of the molecule is Ic1cccc2c1N(c1c3ccccc3nc3ccccc13)CC2. The molecule has 4 aromatic rings. The van der Waals surface area contributed by atoms with Crippen LogP contribution in [0.2, 0.25) is 0 Å². The number of para-hydroxylation sites is 3. The van der Waals surface area contributed by atoms with Crippen LogP contribution in [0.15, 0.2) is 66.7 Å². The number of fused-ring (bicyclic) bond motifs is 3. The molecule has 0 unspecified atom stereocenters. The first-order valence-electron chi connectivity index (χ1n) is 8.15. The maximum Gasteiger partial charge on any atom is 0.0730 e. The van der Waals surface area contributed by atoms with E-state index < -0.39 is 0 Å². The van der Waals surface area contributed by atoms with E-state index in [2.05, 4.69) is 94.2 Å². The van der Waals surface area contributed by atoms with Crippen molar-refractivity contribution in [1.82, 2.24) is 4.98 Å². The summed E-state index contributed by atoms with van der Waals surface area (Å²) in [5.41, 5.74) is 6.21. The number of pyridine rings is 1. The van der Waals surface area contributed by atoms with Crippen LogP contribution < -0.4 is 4.90 Å². The Balaban J connectivity index is 1.90. The molecule has 0 N–H and O–H groups in total. The van der Waals surface area contributed by atoms with Crippen molar-refractivity contribution in [2.24, 2.45) is 0 Å². The van der Waals surface area contributed by atoms with Crippen molar-refractivity contribution >= 4 is 55.8 Å². The maximum atomic E-state index is 4.86. The van der Waals surface area contributed by atoms with E-state index in [0.29, 0.717) is 0 Å². The van der Waals surface area contributed by atoms with Crippen LogP contribution in [-0.4, -0.2) is 11.5 Å². The van der Waals surface area contributed by atoms with Crippen molar-refractivity contribution in [2.75, 3.05) is 11.4 Å². The largest absolute Gasteiger partial charge is 0.339 e. The van der Waals surface area contributed by atoms with E-state index in [1.807, 2.05) is 0 Å². The molecular formula is C21H15IN2. The third-order valence-electron chi connectivity index (χ3n) is 4.77. The first-order chi connectivity index (χ1) is 11.8. The highest BCUT2D eigenvalue weighted by Crippen LogP contribution is 2.43. The molecule has 1 aliphatic rings. The summed E-state index contributed by atoms with van der Waals surface area (Å²) < 4.78 is 1.31. The number of hydrogen-bond donors (Lipinski definition) is 0. The van der Waals surface area contributed by atoms with Gasteiger partial charge in [0.15, 0.2) is 0 Å². The van der Waals surface area contributed by atoms with Crippen molar-refractivity contribution in [1.29, 1.82) is 0 Å². The second kappa shape index (κ2) is 5.45. The third-order valence-corrected chi connectivity index (χ3v) is 5.64. The molecule has 0 spiro atoms. The van der Waals surface area contributed by atoms with Crippen LogP contribution in [0.5, 0.6) is 0 Å². The lowest BCUT2D eigenvalue weighted by molar-refractivity contribution is 1.00. The molecule has 2 heterocycles. The van der Waals surface area contributed by atoms with Gasteiger partial charge in [0.25, 0.3) is 0 Å². The molecule has 1 aromatic heterocycles. The van der Waals surface area contributed by atoms with Crippen molar-refractivity contribution in [3.8, 4) is 0 Å². The van der Waals surface area contributed by atoms with Crippen LogP contribution in [0.4, 0.5) is 11.4 Å². The fraction of sp³-hybridized carbons (Fsp3) is 0.0952. The Morgan fingerprint density at radius 1 is 0.750 bits per heavy atom. The van der Waals surface area contributed by atoms with Crippen molar-refractivity contribution in [3.63, 3.8) is 0 Å². The summed E-state index contributed by atoms with van der Waals surface area (Å²) in [6.45, 7) is 1.02. The molecule has 2 nitrogen and oxygen atoms in total. The zero-order valence-corrected chi connectivity index (χ0v) is 15.2. The number of aromatic nitrogens is 1. The second-order valence-electron chi connectivity index (χ2n) is 6.14. The molecule has 0 radical (unpaired) electrons. The van der Waals surface area contributed by atoms with Crippen molar-refractivity contribution in [3.05, 3.63) is 75.9 Å². The molecule has 0 atom stereocenters. The Labute approximate surface area is 154 Å². The summed E-state index contributed by atoms with van der Waals surface area (Å²) in [7, 11) is 0. The quantitative estimate of drug-likeness (QED) is 0.290. The summed E-state index contributed by atoms with van der Waals surface area (Å²) in [5.74, 6) is 0. The zero-order chi connectivity index (χ0) is 16.1. The first kappa shape index (κ1) is 14.2. The molecule has 0 saturated carbocycles. The fourth-order valence-electron chi connectivity index (χ4n) is 3.74. The van der Waals surface area contributed by atoms with Crippen LogP contribution in [0.1, 0.15) is 5.56 Å². The van der Waals surface area contributed by atoms with Crippen LogP contribution in [0.3, 0.4) is 0 Å². The molecule has 0 fully saturated rings. The molecule has 0 saturated heterocycles. The number of halogens is 1. The highest BCUT2D eigenvalue weighted by atomic mass is 127. The van der Waals surface area contributed by atoms with E-state index in [9.17, 15) is 0 Å². The molecule has 3 aromatic carbocycles. The van der Waals surface area contributed by atoms with Gasteiger partial charge in [0.05, 0.1) is 22.4 Å². The summed E-state index contributed by atoms with van der Waals surface area (Å²) in [4.78, 5) is 7.35. The van der Waals surface area contributed by atoms with Gasteiger partial charge >= 0.3 is 0 Å². The number of hydrogen-bond acceptors (Lipinski definition) is 2. The van der Waals surface area contributed by atoms with E-state index in [1.165, 1.54) is 31.3 Å². The molecule has 24 heavy (non-hydrogen) atoms. The molecule has 0 bridgehead atoms. The Morgan fingerprint density at radius 3 is 2.12 bits per heavy atom. The summed E-state index contributed by atoms with van der Waals surface area (Å²) in [5, 5.41) is 2.45. The van der Waals surface area contributed by atoms with Gasteiger partial charge in [0, 0.05) is 20.9 Å². The van der Waals surface area contributed by atoms with Gasteiger partial charge in [0.2, 0.25) is 0 Å². The van der Waals surface area contributed by atoms with Gasteiger partial charge in [0.1, 0.15) is 0 Å². The standard InChI is InChI=1S/C21H15IN2/c22-17-9-5-6-14-12-13-24(20(14)17)21-15-7-1-3-10-18(15)23-19-11-4-2-8-16(19)21/h1-11H,12-13H2. The van der Waals surface area contributed by atoms with Gasteiger partial charge in [-0.25, -0.2) is 4.98 Å². The monoisotopic (exact) mass is 422 g/mol. The lowest BCUT2D eigenvalue weighted by Crippen LogP contribution is -2.15. The van der Waals surface area contributed by atoms with Crippen LogP contribution in [0, 0.1) is 3.57 Å². The van der Waals surface area contributed by atoms with E-state index >= 15 is 0 Å². The predicted octanol–water partition coefficient (Wildman–Crippen LogP) is 5.69. The molecule has 0 amide bonds. The highest BCUT2D eigenvalue weighted by Gasteiger charge is 2.25. The van der Waals surface area contributed by atoms with Crippen molar-refractivity contribution < 1.29 is 0 Å². The fourth-order valence-corrected chi connectivity index (χ4v) is 4.59. The van der Waals surface area contributed by atoms with Gasteiger partial charge in [-0.05, 0) is 52.8 Å². The molecule has 3 heteroatoms. The van der Waals surface area contributed by atoms with E-state index in [1.54, 1.807) is 0 Å². The molecule has 1 aliphatic heterocycles. The average molecular weight is 422 g/mol. The van der Waals surface area contributed by atoms with Crippen molar-refractivity contribution in [2.45, 2.75) is 6.42 Å². The summed E-state index contributed by atoms with van der Waals surface area (Å²) in [6, 6.07) is 23.6. The molecule has 116 valence electrons. The summed E-state index contributed by atoms with van der Waals surface area (Å²) >= 11 is 2.46. The smallest absolute Gasteiger partial charge is 0.0730 e. The van der Waals surface area contributed by atoms with E-state index in [4.69, 9.17) is 4.98 Å². The lowest BCUT2D eigenvalue weighted by atomic mass is 10.1. The molecular weight excluding hydrogens is 407 g/mol. The predicted molar refractivity (Wildman–Crippen MR) is 109 cm³/mol. The van der Waals surface area contributed by atoms with Gasteiger partial charge in [-0.2, -0.15) is 0 Å². The van der Waals surface area contributed by atoms with E-state index in [0.717, 1.165) is 24.0 Å². The van der Waals surface area contributed by atoms with Crippen LogP contribution >= 0.6 is 22.6 Å². The second-order valence-corrected chi connectivity index (χ2v) is 7.31. The Bertz CT molecular complexity index is 1030. The lowest BCUT2D eigenvalue weighted by Gasteiger charge is -2.24. The molecule has 0 aliphatic carbocycles. The minimum atomic E-state index is 1.02. The average Bonchev–Trinajstić information content (AvgIpc) is 3.05. The Morgan fingerprint density at radius 2 is 1.42 bits per heavy atom. The van der Waals surface area contributed by atoms with Gasteiger partial charge in [-0.15, -0.1) is 0 Å². The van der Waals surface area contributed by atoms with Gasteiger partial charge in [-0.1, -0.05) is 48.5 Å². The third kappa shape index (κ3) is 2.04. The number of nitrogens with zero attached hydrogens (tertiary/aromatic N) is 2.